The first kappa shape index (κ1) is 14.8. The van der Waals surface area contributed by atoms with E-state index in [-0.39, 0.29) is 0 Å². The zero-order chi connectivity index (χ0) is 13.0. The maximum Gasteiger partial charge on any atom is 0.0501 e. The van der Waals surface area contributed by atoms with Gasteiger partial charge >= 0.3 is 0 Å². The molecule has 1 nitrogen and oxygen atoms in total. The van der Waals surface area contributed by atoms with E-state index < -0.39 is 0 Å². The molecule has 0 aromatic heterocycles. The molecule has 1 aromatic carbocycles. The third-order valence-corrected chi connectivity index (χ3v) is 3.89. The zero-order valence-corrected chi connectivity index (χ0v) is 13.3. The van der Waals surface area contributed by atoms with Gasteiger partial charge in [0.05, 0.1) is 5.69 Å². The van der Waals surface area contributed by atoms with Gasteiger partial charge in [-0.25, -0.2) is 0 Å². The summed E-state index contributed by atoms with van der Waals surface area (Å²) >= 11 is 9.70. The quantitative estimate of drug-likeness (QED) is 0.740. The van der Waals surface area contributed by atoms with Crippen LogP contribution in [0.15, 0.2) is 16.6 Å². The van der Waals surface area contributed by atoms with Crippen molar-refractivity contribution in [3.8, 4) is 0 Å². The predicted octanol–water partition coefficient (Wildman–Crippen LogP) is 5.65. The summed E-state index contributed by atoms with van der Waals surface area (Å²) in [6.07, 6.45) is 2.42. The van der Waals surface area contributed by atoms with Crippen molar-refractivity contribution < 1.29 is 0 Å². The summed E-state index contributed by atoms with van der Waals surface area (Å²) in [5, 5.41) is 4.31. The maximum absolute atomic E-state index is 6.14. The van der Waals surface area contributed by atoms with E-state index in [1.165, 1.54) is 12.8 Å². The molecule has 1 atom stereocenters. The molecule has 1 unspecified atom stereocenters. The van der Waals surface area contributed by atoms with Gasteiger partial charge in [-0.05, 0) is 66.2 Å². The summed E-state index contributed by atoms with van der Waals surface area (Å²) < 4.78 is 1.08. The Balaban J connectivity index is 2.65. The van der Waals surface area contributed by atoms with Gasteiger partial charge in [0.15, 0.2) is 0 Å². The Hall–Kier alpha value is -0.210. The minimum atomic E-state index is 0.465. The molecule has 1 rings (SSSR count). The van der Waals surface area contributed by atoms with E-state index in [1.807, 2.05) is 13.0 Å². The van der Waals surface area contributed by atoms with Gasteiger partial charge in [0.25, 0.3) is 0 Å². The van der Waals surface area contributed by atoms with Crippen LogP contribution in [0, 0.1) is 12.8 Å². The molecule has 0 fully saturated rings. The Bertz CT molecular complexity index is 377. The minimum Gasteiger partial charge on any atom is -0.382 e. The maximum atomic E-state index is 6.14. The van der Waals surface area contributed by atoms with Gasteiger partial charge in [-0.3, -0.25) is 0 Å². The zero-order valence-electron chi connectivity index (χ0n) is 11.0. The van der Waals surface area contributed by atoms with Crippen molar-refractivity contribution in [3.63, 3.8) is 0 Å². The van der Waals surface area contributed by atoms with Gasteiger partial charge < -0.3 is 5.32 Å². The van der Waals surface area contributed by atoms with Crippen molar-refractivity contribution in [1.82, 2.24) is 0 Å². The van der Waals surface area contributed by atoms with Crippen LogP contribution in [-0.2, 0) is 0 Å². The van der Waals surface area contributed by atoms with Crippen LogP contribution in [-0.4, -0.2) is 6.04 Å². The van der Waals surface area contributed by atoms with Crippen LogP contribution in [0.2, 0.25) is 5.02 Å². The minimum absolute atomic E-state index is 0.465. The number of nitrogens with one attached hydrogen (secondary N) is 1. The van der Waals surface area contributed by atoms with Crippen molar-refractivity contribution in [2.24, 2.45) is 5.92 Å². The monoisotopic (exact) mass is 317 g/mol. The average Bonchev–Trinajstić information content (AvgIpc) is 2.23. The van der Waals surface area contributed by atoms with E-state index in [9.17, 15) is 0 Å². The van der Waals surface area contributed by atoms with E-state index >= 15 is 0 Å². The normalized spacial score (nSPS) is 12.9. The molecule has 1 aromatic rings. The lowest BCUT2D eigenvalue weighted by Gasteiger charge is -2.18. The van der Waals surface area contributed by atoms with Crippen LogP contribution in [0.1, 0.15) is 39.2 Å². The highest BCUT2D eigenvalue weighted by Crippen LogP contribution is 2.30. The van der Waals surface area contributed by atoms with Crippen LogP contribution < -0.4 is 5.32 Å². The lowest BCUT2D eigenvalue weighted by atomic mass is 10.0. The van der Waals surface area contributed by atoms with Gasteiger partial charge in [0, 0.05) is 15.5 Å². The molecule has 0 amide bonds. The fraction of sp³-hybridized carbons (Fsp3) is 0.571. The first-order valence-corrected chi connectivity index (χ1v) is 7.29. The number of aryl methyl sites for hydroxylation is 1. The molecule has 1 N–H and O–H groups in total. The third kappa shape index (κ3) is 4.89. The van der Waals surface area contributed by atoms with Crippen LogP contribution in [0.3, 0.4) is 0 Å². The van der Waals surface area contributed by atoms with Gasteiger partial charge in [0.1, 0.15) is 0 Å². The average molecular weight is 319 g/mol. The molecule has 0 saturated heterocycles. The largest absolute Gasteiger partial charge is 0.382 e. The Kier molecular flexibility index (Phi) is 5.81. The van der Waals surface area contributed by atoms with Crippen molar-refractivity contribution >= 4 is 33.2 Å². The summed E-state index contributed by atoms with van der Waals surface area (Å²) in [5.74, 6) is 0.754. The van der Waals surface area contributed by atoms with Crippen molar-refractivity contribution in [1.29, 1.82) is 0 Å². The van der Waals surface area contributed by atoms with Gasteiger partial charge in [-0.1, -0.05) is 25.4 Å². The molecular weight excluding hydrogens is 298 g/mol. The van der Waals surface area contributed by atoms with Crippen LogP contribution in [0.5, 0.6) is 0 Å². The van der Waals surface area contributed by atoms with E-state index in [0.29, 0.717) is 6.04 Å². The van der Waals surface area contributed by atoms with Gasteiger partial charge in [-0.2, -0.15) is 0 Å². The van der Waals surface area contributed by atoms with Gasteiger partial charge in [-0.15, -0.1) is 0 Å². The van der Waals surface area contributed by atoms with Crippen LogP contribution in [0.25, 0.3) is 0 Å². The predicted molar refractivity (Wildman–Crippen MR) is 81.0 cm³/mol. The summed E-state index contributed by atoms with van der Waals surface area (Å²) in [5.41, 5.74) is 2.18. The van der Waals surface area contributed by atoms with Crippen molar-refractivity contribution in [3.05, 3.63) is 27.2 Å². The smallest absolute Gasteiger partial charge is 0.0501 e. The second-order valence-electron chi connectivity index (χ2n) is 5.10. The van der Waals surface area contributed by atoms with Crippen molar-refractivity contribution in [2.45, 2.75) is 46.6 Å². The summed E-state index contributed by atoms with van der Waals surface area (Å²) in [6, 6.07) is 4.51. The molecule has 0 saturated carbocycles. The molecule has 96 valence electrons. The summed E-state index contributed by atoms with van der Waals surface area (Å²) in [6.45, 7) is 8.73. The van der Waals surface area contributed by atoms with E-state index in [4.69, 9.17) is 11.6 Å². The SMILES string of the molecule is Cc1cc(Br)c(NC(C)CCC(C)C)cc1Cl. The molecule has 17 heavy (non-hydrogen) atoms. The number of anilines is 1. The fourth-order valence-electron chi connectivity index (χ4n) is 1.68. The molecule has 0 bridgehead atoms. The Morgan fingerprint density at radius 1 is 1.24 bits per heavy atom. The molecule has 0 spiro atoms. The number of hydrogen-bond acceptors (Lipinski definition) is 1. The van der Waals surface area contributed by atoms with Crippen molar-refractivity contribution in [2.75, 3.05) is 5.32 Å². The topological polar surface area (TPSA) is 12.0 Å². The number of rotatable bonds is 5. The standard InChI is InChI=1S/C14H21BrClN/c1-9(2)5-6-11(4)17-14-8-13(16)10(3)7-12(14)15/h7-9,11,17H,5-6H2,1-4H3. The number of benzene rings is 1. The highest BCUT2D eigenvalue weighted by atomic mass is 79.9. The lowest BCUT2D eigenvalue weighted by Crippen LogP contribution is -2.16. The highest BCUT2D eigenvalue weighted by Gasteiger charge is 2.08. The second-order valence-corrected chi connectivity index (χ2v) is 6.36. The van der Waals surface area contributed by atoms with E-state index in [0.717, 1.165) is 26.7 Å². The second kappa shape index (κ2) is 6.65. The van der Waals surface area contributed by atoms with Crippen LogP contribution >= 0.6 is 27.5 Å². The molecule has 3 heteroatoms. The first-order valence-electron chi connectivity index (χ1n) is 6.12. The van der Waals surface area contributed by atoms with Crippen LogP contribution in [0.4, 0.5) is 5.69 Å². The Morgan fingerprint density at radius 2 is 1.88 bits per heavy atom. The molecule has 0 aliphatic carbocycles. The molecule has 0 radical (unpaired) electrons. The van der Waals surface area contributed by atoms with E-state index in [1.54, 1.807) is 0 Å². The number of halogens is 2. The first-order chi connectivity index (χ1) is 7.90. The number of hydrogen-bond donors (Lipinski definition) is 1. The third-order valence-electron chi connectivity index (χ3n) is 2.83. The highest BCUT2D eigenvalue weighted by molar-refractivity contribution is 9.10. The molecule has 0 aliphatic rings. The molecule has 0 aliphatic heterocycles. The summed E-state index contributed by atoms with van der Waals surface area (Å²) in [7, 11) is 0. The molecular formula is C14H21BrClN. The van der Waals surface area contributed by atoms with E-state index in [2.05, 4.69) is 48.1 Å². The molecule has 0 heterocycles. The lowest BCUT2D eigenvalue weighted by molar-refractivity contribution is 0.527. The van der Waals surface area contributed by atoms with Gasteiger partial charge in [0.2, 0.25) is 0 Å². The fourth-order valence-corrected chi connectivity index (χ4v) is 2.41. The Labute approximate surface area is 118 Å². The Morgan fingerprint density at radius 3 is 2.47 bits per heavy atom. The summed E-state index contributed by atoms with van der Waals surface area (Å²) in [4.78, 5) is 0.